The zero-order valence-electron chi connectivity index (χ0n) is 14.0. The molecule has 1 aliphatic carbocycles. The van der Waals surface area contributed by atoms with Crippen LogP contribution in [-0.2, 0) is 38.7 Å². The molecule has 0 aromatic carbocycles. The van der Waals surface area contributed by atoms with Gasteiger partial charge in [-0.15, -0.1) is 0 Å². The Kier molecular flexibility index (Phi) is 4.44. The number of hydrogen-bond acceptors (Lipinski definition) is 8. The molecule has 9 nitrogen and oxygen atoms in total. The highest BCUT2D eigenvalue weighted by molar-refractivity contribution is 7.86. The second kappa shape index (κ2) is 6.04. The summed E-state index contributed by atoms with van der Waals surface area (Å²) in [4.78, 5) is 36.4. The van der Waals surface area contributed by atoms with Crippen LogP contribution in [0.15, 0.2) is 12.2 Å². The quantitative estimate of drug-likeness (QED) is 0.371. The number of ether oxygens (including phenoxy) is 3. The van der Waals surface area contributed by atoms with Gasteiger partial charge < -0.3 is 14.2 Å². The molecule has 150 valence electrons. The first kappa shape index (κ1) is 19.8. The van der Waals surface area contributed by atoms with Crippen molar-refractivity contribution in [2.24, 2.45) is 11.8 Å². The maximum absolute atomic E-state index is 13.2. The molecule has 0 radical (unpaired) electrons. The highest BCUT2D eigenvalue weighted by atomic mass is 32.2. The van der Waals surface area contributed by atoms with E-state index in [1.165, 1.54) is 6.92 Å². The summed E-state index contributed by atoms with van der Waals surface area (Å²) in [5, 5.41) is -4.68. The summed E-state index contributed by atoms with van der Waals surface area (Å²) in [5.41, 5.74) is -1.12. The Hall–Kier alpha value is -1.92. The van der Waals surface area contributed by atoms with Gasteiger partial charge in [-0.25, -0.2) is 4.79 Å². The van der Waals surface area contributed by atoms with E-state index in [4.69, 9.17) is 14.0 Å². The molecule has 0 spiro atoms. The van der Waals surface area contributed by atoms with E-state index in [0.29, 0.717) is 0 Å². The van der Waals surface area contributed by atoms with E-state index in [9.17, 15) is 31.6 Å². The first-order valence-corrected chi connectivity index (χ1v) is 9.31. The van der Waals surface area contributed by atoms with Crippen molar-refractivity contribution in [3.05, 3.63) is 12.2 Å². The first-order valence-electron chi connectivity index (χ1n) is 7.87. The number of fused-ring (bicyclic) bond motifs is 1. The molecule has 0 amide bonds. The summed E-state index contributed by atoms with van der Waals surface area (Å²) in [6.45, 7) is 2.99. The fourth-order valence-corrected chi connectivity index (χ4v) is 4.05. The number of carbonyl (C=O) groups excluding carboxylic acids is 3. The van der Waals surface area contributed by atoms with Crippen molar-refractivity contribution in [3.8, 4) is 0 Å². The lowest BCUT2D eigenvalue weighted by molar-refractivity contribution is -0.161. The Morgan fingerprint density at radius 3 is 2.63 bits per heavy atom. The number of esters is 2. The standard InChI is InChI=1S/C15H16F2O9S/c1-6(2)12(19)26-14-3-7(18)9-10(8(4-14)25-11(9)14)13(20)24-5-15(16,17)27(21,22)23/h8-11H,1,3-5H2,2H3,(H,21,22,23). The highest BCUT2D eigenvalue weighted by Crippen LogP contribution is 2.58. The Morgan fingerprint density at radius 2 is 2.07 bits per heavy atom. The van der Waals surface area contributed by atoms with Crippen molar-refractivity contribution in [2.45, 2.75) is 42.8 Å². The van der Waals surface area contributed by atoms with Gasteiger partial charge in [0.2, 0.25) is 0 Å². The predicted octanol–water partition coefficient (Wildman–Crippen LogP) is 0.245. The van der Waals surface area contributed by atoms with Crippen molar-refractivity contribution >= 4 is 27.8 Å². The molecule has 2 aliphatic heterocycles. The molecule has 2 saturated heterocycles. The molecule has 1 N–H and O–H groups in total. The summed E-state index contributed by atoms with van der Waals surface area (Å²) >= 11 is 0. The average Bonchev–Trinajstić information content (AvgIpc) is 3.10. The zero-order chi connectivity index (χ0) is 20.4. The molecule has 0 aromatic heterocycles. The lowest BCUT2D eigenvalue weighted by atomic mass is 9.77. The first-order chi connectivity index (χ1) is 12.3. The van der Waals surface area contributed by atoms with Gasteiger partial charge in [-0.2, -0.15) is 17.2 Å². The van der Waals surface area contributed by atoms with Crippen LogP contribution in [0, 0.1) is 11.8 Å². The molecule has 3 aliphatic rings. The SMILES string of the molecule is C=C(C)C(=O)OC12CC(=O)C3C(C(=O)OCC(F)(F)S(=O)(=O)O)C(C1)OC32. The lowest BCUT2D eigenvalue weighted by Gasteiger charge is -2.32. The van der Waals surface area contributed by atoms with Crippen LogP contribution in [0.25, 0.3) is 0 Å². The topological polar surface area (TPSA) is 133 Å². The summed E-state index contributed by atoms with van der Waals surface area (Å²) in [5.74, 6) is -4.68. The Bertz CT molecular complexity index is 836. The van der Waals surface area contributed by atoms with Gasteiger partial charge in [-0.3, -0.25) is 14.1 Å². The van der Waals surface area contributed by atoms with Crippen LogP contribution in [0.5, 0.6) is 0 Å². The third kappa shape index (κ3) is 3.05. The smallest absolute Gasteiger partial charge is 0.402 e. The van der Waals surface area contributed by atoms with Gasteiger partial charge in [0.05, 0.1) is 17.9 Å². The molecular formula is C15H16F2O9S. The van der Waals surface area contributed by atoms with E-state index in [2.05, 4.69) is 11.3 Å². The van der Waals surface area contributed by atoms with Crippen LogP contribution in [-0.4, -0.2) is 60.4 Å². The fraction of sp³-hybridized carbons (Fsp3) is 0.667. The molecule has 3 rings (SSSR count). The second-order valence-corrected chi connectivity index (χ2v) is 8.50. The zero-order valence-corrected chi connectivity index (χ0v) is 14.8. The molecule has 2 heterocycles. The van der Waals surface area contributed by atoms with Crippen LogP contribution < -0.4 is 0 Å². The Balaban J connectivity index is 1.73. The van der Waals surface area contributed by atoms with Crippen LogP contribution in [0.3, 0.4) is 0 Å². The van der Waals surface area contributed by atoms with Gasteiger partial charge in [-0.1, -0.05) is 6.58 Å². The van der Waals surface area contributed by atoms with Gasteiger partial charge in [0.1, 0.15) is 17.5 Å². The predicted molar refractivity (Wildman–Crippen MR) is 81.0 cm³/mol. The van der Waals surface area contributed by atoms with Crippen LogP contribution in [0.2, 0.25) is 0 Å². The van der Waals surface area contributed by atoms with Crippen molar-refractivity contribution in [2.75, 3.05) is 6.61 Å². The maximum atomic E-state index is 13.2. The molecule has 5 atom stereocenters. The number of alkyl halides is 2. The monoisotopic (exact) mass is 410 g/mol. The Labute approximate surface area is 152 Å². The van der Waals surface area contributed by atoms with Crippen LogP contribution in [0.4, 0.5) is 8.78 Å². The van der Waals surface area contributed by atoms with Crippen LogP contribution >= 0.6 is 0 Å². The summed E-state index contributed by atoms with van der Waals surface area (Å²) in [6, 6.07) is 0. The molecule has 2 bridgehead atoms. The lowest BCUT2D eigenvalue weighted by Crippen LogP contribution is -2.47. The van der Waals surface area contributed by atoms with Gasteiger partial charge >= 0.3 is 27.3 Å². The van der Waals surface area contributed by atoms with E-state index in [-0.39, 0.29) is 18.4 Å². The van der Waals surface area contributed by atoms with Crippen molar-refractivity contribution in [1.82, 2.24) is 0 Å². The van der Waals surface area contributed by atoms with Crippen molar-refractivity contribution in [3.63, 3.8) is 0 Å². The summed E-state index contributed by atoms with van der Waals surface area (Å²) < 4.78 is 71.3. The van der Waals surface area contributed by atoms with Crippen molar-refractivity contribution < 1.29 is 50.3 Å². The maximum Gasteiger partial charge on any atom is 0.402 e. The molecule has 5 unspecified atom stereocenters. The summed E-state index contributed by atoms with van der Waals surface area (Å²) in [7, 11) is -5.76. The number of rotatable bonds is 6. The molecule has 12 heteroatoms. The van der Waals surface area contributed by atoms with E-state index in [0.717, 1.165) is 0 Å². The second-order valence-electron chi connectivity index (χ2n) is 6.95. The highest BCUT2D eigenvalue weighted by Gasteiger charge is 2.73. The number of hydrogen-bond donors (Lipinski definition) is 1. The minimum absolute atomic E-state index is 0.00656. The van der Waals surface area contributed by atoms with Gasteiger partial charge in [0, 0.05) is 18.4 Å². The van der Waals surface area contributed by atoms with E-state index in [1.807, 2.05) is 0 Å². The van der Waals surface area contributed by atoms with Crippen molar-refractivity contribution in [1.29, 1.82) is 0 Å². The third-order valence-electron chi connectivity index (χ3n) is 5.02. The van der Waals surface area contributed by atoms with E-state index < -0.39 is 69.3 Å². The summed E-state index contributed by atoms with van der Waals surface area (Å²) in [6.07, 6.45) is -2.02. The minimum atomic E-state index is -5.76. The molecule has 27 heavy (non-hydrogen) atoms. The third-order valence-corrected chi connectivity index (χ3v) is 5.89. The van der Waals surface area contributed by atoms with Gasteiger partial charge in [-0.05, 0) is 6.92 Å². The van der Waals surface area contributed by atoms with E-state index >= 15 is 0 Å². The average molecular weight is 410 g/mol. The minimum Gasteiger partial charge on any atom is -0.458 e. The van der Waals surface area contributed by atoms with Crippen LogP contribution in [0.1, 0.15) is 19.8 Å². The number of halogens is 2. The van der Waals surface area contributed by atoms with Gasteiger partial charge in [0.25, 0.3) is 0 Å². The molecular weight excluding hydrogens is 394 g/mol. The Morgan fingerprint density at radius 1 is 1.44 bits per heavy atom. The largest absolute Gasteiger partial charge is 0.458 e. The number of ketones is 1. The van der Waals surface area contributed by atoms with E-state index in [1.54, 1.807) is 0 Å². The molecule has 3 fully saturated rings. The normalized spacial score (nSPS) is 34.6. The number of Topliss-reactive ketones (excluding diaryl/α,β-unsaturated/α-hetero) is 1. The molecule has 0 aromatic rings. The van der Waals surface area contributed by atoms with Gasteiger partial charge in [0.15, 0.2) is 6.61 Å². The molecule has 1 saturated carbocycles. The fourth-order valence-electron chi connectivity index (χ4n) is 3.85. The number of carbonyl (C=O) groups is 3.